The number of nitrogens with zero attached hydrogens (tertiary/aromatic N) is 3. The molecular weight excluding hydrogens is 202 g/mol. The third-order valence-corrected chi connectivity index (χ3v) is 2.49. The lowest BCUT2D eigenvalue weighted by atomic mass is 10.2. The lowest BCUT2D eigenvalue weighted by molar-refractivity contribution is 0.300. The maximum Gasteiger partial charge on any atom is 0.144 e. The molecule has 0 fully saturated rings. The number of benzene rings is 1. The van der Waals surface area contributed by atoms with E-state index in [-0.39, 0.29) is 0 Å². The second-order valence-corrected chi connectivity index (χ2v) is 3.84. The molecule has 4 heteroatoms. The second kappa shape index (κ2) is 3.89. The average molecular weight is 215 g/mol. The van der Waals surface area contributed by atoms with E-state index in [1.807, 2.05) is 39.0 Å². The number of hydrogen-bond donors (Lipinski definition) is 1. The van der Waals surface area contributed by atoms with Crippen molar-refractivity contribution in [1.82, 2.24) is 9.97 Å². The van der Waals surface area contributed by atoms with Crippen molar-refractivity contribution in [3.8, 4) is 0 Å². The van der Waals surface area contributed by atoms with Gasteiger partial charge in [-0.15, -0.1) is 0 Å². The molecule has 0 amide bonds. The Morgan fingerprint density at radius 2 is 1.62 bits per heavy atom. The third-order valence-electron chi connectivity index (χ3n) is 2.49. The Kier molecular flexibility index (Phi) is 2.56. The molecule has 0 aliphatic heterocycles. The minimum Gasteiger partial charge on any atom is -0.410 e. The normalized spacial score (nSPS) is 12.1. The fraction of sp³-hybridized carbons (Fsp3) is 0.250. The summed E-state index contributed by atoms with van der Waals surface area (Å²) in [4.78, 5) is 8.81. The van der Waals surface area contributed by atoms with Crippen molar-refractivity contribution in [2.24, 2.45) is 5.16 Å². The first-order valence-electron chi connectivity index (χ1n) is 5.06. The molecule has 0 aliphatic carbocycles. The van der Waals surface area contributed by atoms with Crippen molar-refractivity contribution in [3.05, 3.63) is 40.5 Å². The van der Waals surface area contributed by atoms with Crippen LogP contribution in [0.4, 0.5) is 0 Å². The average Bonchev–Trinajstić information content (AvgIpc) is 2.33. The Labute approximate surface area is 93.3 Å². The van der Waals surface area contributed by atoms with Crippen LogP contribution in [0.1, 0.15) is 17.0 Å². The zero-order chi connectivity index (χ0) is 11.7. The van der Waals surface area contributed by atoms with Crippen molar-refractivity contribution in [2.45, 2.75) is 20.8 Å². The van der Waals surface area contributed by atoms with Crippen molar-refractivity contribution in [2.75, 3.05) is 0 Å². The fourth-order valence-electron chi connectivity index (χ4n) is 1.69. The van der Waals surface area contributed by atoms with Gasteiger partial charge in [-0.05, 0) is 38.5 Å². The van der Waals surface area contributed by atoms with E-state index in [0.717, 1.165) is 16.6 Å². The molecule has 0 spiro atoms. The lowest BCUT2D eigenvalue weighted by Crippen LogP contribution is -2.10. The molecule has 1 heterocycles. The van der Waals surface area contributed by atoms with E-state index in [2.05, 4.69) is 15.1 Å². The zero-order valence-corrected chi connectivity index (χ0v) is 9.52. The molecule has 0 saturated heterocycles. The summed E-state index contributed by atoms with van der Waals surface area (Å²) >= 11 is 0. The van der Waals surface area contributed by atoms with Crippen molar-refractivity contribution >= 4 is 11.0 Å². The molecule has 0 atom stereocenters. The Balaban J connectivity index is 2.99. The topological polar surface area (TPSA) is 58.4 Å². The van der Waals surface area contributed by atoms with E-state index in [4.69, 9.17) is 5.21 Å². The molecule has 4 nitrogen and oxygen atoms in total. The Hall–Kier alpha value is -1.97. The second-order valence-electron chi connectivity index (χ2n) is 3.84. The summed E-state index contributed by atoms with van der Waals surface area (Å²) in [5.41, 5.74) is 4.10. The number of hydrogen-bond acceptors (Lipinski definition) is 4. The summed E-state index contributed by atoms with van der Waals surface area (Å²) in [6, 6.07) is 5.88. The molecule has 0 saturated carbocycles. The standard InChI is InChI=1S/C12H13N3O/c1-7-4-5-10-11(6-7)14-9(3)12(15-16)8(2)13-10/h4-6,16H,1-3H3/b15-12+. The van der Waals surface area contributed by atoms with Crippen molar-refractivity contribution < 1.29 is 5.21 Å². The summed E-state index contributed by atoms with van der Waals surface area (Å²) in [5.74, 6) is 0. The van der Waals surface area contributed by atoms with E-state index >= 15 is 0 Å². The lowest BCUT2D eigenvalue weighted by Gasteiger charge is -1.93. The highest BCUT2D eigenvalue weighted by atomic mass is 16.4. The maximum absolute atomic E-state index is 8.92. The van der Waals surface area contributed by atoms with Crippen LogP contribution in [0.5, 0.6) is 0 Å². The molecule has 0 unspecified atom stereocenters. The van der Waals surface area contributed by atoms with Crippen LogP contribution in [0, 0.1) is 20.8 Å². The third kappa shape index (κ3) is 1.74. The van der Waals surface area contributed by atoms with Crippen LogP contribution in [0.3, 0.4) is 0 Å². The van der Waals surface area contributed by atoms with Crippen LogP contribution in [-0.2, 0) is 0 Å². The number of aromatic nitrogens is 2. The minimum absolute atomic E-state index is 0.439. The fourth-order valence-corrected chi connectivity index (χ4v) is 1.69. The van der Waals surface area contributed by atoms with E-state index < -0.39 is 0 Å². The number of aryl methyl sites for hydroxylation is 3. The van der Waals surface area contributed by atoms with Gasteiger partial charge in [0, 0.05) is 0 Å². The first-order valence-corrected chi connectivity index (χ1v) is 5.06. The van der Waals surface area contributed by atoms with Gasteiger partial charge in [0.25, 0.3) is 0 Å². The van der Waals surface area contributed by atoms with Gasteiger partial charge in [-0.2, -0.15) is 0 Å². The van der Waals surface area contributed by atoms with E-state index in [1.165, 1.54) is 0 Å². The molecule has 0 bridgehead atoms. The van der Waals surface area contributed by atoms with E-state index in [9.17, 15) is 0 Å². The molecular formula is C12H13N3O. The van der Waals surface area contributed by atoms with Gasteiger partial charge in [-0.3, -0.25) is 0 Å². The van der Waals surface area contributed by atoms with Crippen LogP contribution >= 0.6 is 0 Å². The maximum atomic E-state index is 8.92. The monoisotopic (exact) mass is 215 g/mol. The predicted octanol–water partition coefficient (Wildman–Crippen LogP) is 1.84. The quantitative estimate of drug-likeness (QED) is 0.539. The van der Waals surface area contributed by atoms with Gasteiger partial charge < -0.3 is 5.21 Å². The summed E-state index contributed by atoms with van der Waals surface area (Å²) in [5, 5.41) is 12.6. The molecule has 2 rings (SSSR count). The van der Waals surface area contributed by atoms with Gasteiger partial charge in [0.2, 0.25) is 0 Å². The number of rotatable bonds is 0. The van der Waals surface area contributed by atoms with Gasteiger partial charge in [-0.1, -0.05) is 11.2 Å². The van der Waals surface area contributed by atoms with Crippen LogP contribution in [-0.4, -0.2) is 15.2 Å². The Morgan fingerprint density at radius 1 is 1.00 bits per heavy atom. The molecule has 82 valence electrons. The zero-order valence-electron chi connectivity index (χ0n) is 9.52. The Morgan fingerprint density at radius 3 is 2.25 bits per heavy atom. The molecule has 16 heavy (non-hydrogen) atoms. The van der Waals surface area contributed by atoms with Crippen molar-refractivity contribution in [3.63, 3.8) is 0 Å². The Bertz CT molecular complexity index is 620. The molecule has 0 aliphatic rings. The largest absolute Gasteiger partial charge is 0.410 e. The van der Waals surface area contributed by atoms with Crippen LogP contribution in [0.15, 0.2) is 23.4 Å². The van der Waals surface area contributed by atoms with E-state index in [1.54, 1.807) is 0 Å². The van der Waals surface area contributed by atoms with Gasteiger partial charge >= 0.3 is 0 Å². The first kappa shape index (κ1) is 10.5. The predicted molar refractivity (Wildman–Crippen MR) is 61.1 cm³/mol. The summed E-state index contributed by atoms with van der Waals surface area (Å²) in [6.45, 7) is 5.63. The van der Waals surface area contributed by atoms with Gasteiger partial charge in [0.15, 0.2) is 0 Å². The highest BCUT2D eigenvalue weighted by Crippen LogP contribution is 2.10. The smallest absolute Gasteiger partial charge is 0.144 e. The first-order chi connectivity index (χ1) is 7.61. The SMILES string of the molecule is Cc1ccc2nc(C)/c(=N\O)c(C)nc2c1. The molecule has 1 N–H and O–H groups in total. The van der Waals surface area contributed by atoms with Gasteiger partial charge in [0.1, 0.15) is 5.36 Å². The van der Waals surface area contributed by atoms with Crippen LogP contribution < -0.4 is 5.36 Å². The number of fused-ring (bicyclic) bond motifs is 1. The van der Waals surface area contributed by atoms with Gasteiger partial charge in [0.05, 0.1) is 22.4 Å². The molecule has 2 aromatic rings. The molecule has 1 aromatic carbocycles. The summed E-state index contributed by atoms with van der Waals surface area (Å²) in [7, 11) is 0. The van der Waals surface area contributed by atoms with E-state index in [0.29, 0.717) is 16.7 Å². The van der Waals surface area contributed by atoms with Crippen LogP contribution in [0.25, 0.3) is 11.0 Å². The summed E-state index contributed by atoms with van der Waals surface area (Å²) < 4.78 is 0. The summed E-state index contributed by atoms with van der Waals surface area (Å²) in [6.07, 6.45) is 0. The van der Waals surface area contributed by atoms with Crippen molar-refractivity contribution in [1.29, 1.82) is 0 Å². The molecule has 0 radical (unpaired) electrons. The highest BCUT2D eigenvalue weighted by molar-refractivity contribution is 5.74. The minimum atomic E-state index is 0.439. The van der Waals surface area contributed by atoms with Gasteiger partial charge in [-0.25, -0.2) is 9.97 Å². The highest BCUT2D eigenvalue weighted by Gasteiger charge is 2.01. The van der Waals surface area contributed by atoms with Crippen LogP contribution in [0.2, 0.25) is 0 Å². The molecule has 1 aromatic heterocycles.